The molecule has 1 heterocycles. The first-order chi connectivity index (χ1) is 8.79. The van der Waals surface area contributed by atoms with Gasteiger partial charge in [-0.3, -0.25) is 4.79 Å². The first kappa shape index (κ1) is 16.9. The topological polar surface area (TPSA) is 48.7 Å². The van der Waals surface area contributed by atoms with Crippen molar-refractivity contribution in [1.82, 2.24) is 0 Å². The molecule has 0 aliphatic rings. The molecule has 0 saturated carbocycles. The summed E-state index contributed by atoms with van der Waals surface area (Å²) in [4.78, 5) is 10.4. The van der Waals surface area contributed by atoms with Crippen molar-refractivity contribution < 1.29 is 18.7 Å². The van der Waals surface area contributed by atoms with Gasteiger partial charge in [-0.25, -0.2) is 0 Å². The minimum atomic E-state index is 0.372. The van der Waals surface area contributed by atoms with E-state index in [0.717, 1.165) is 38.2 Å². The zero-order chi connectivity index (χ0) is 13.6. The number of furan rings is 1. The van der Waals surface area contributed by atoms with E-state index in [4.69, 9.17) is 13.9 Å². The van der Waals surface area contributed by atoms with Crippen molar-refractivity contribution in [3.8, 4) is 0 Å². The minimum Gasteiger partial charge on any atom is -0.461 e. The average molecular weight is 256 g/mol. The van der Waals surface area contributed by atoms with Crippen LogP contribution in [0.25, 0.3) is 0 Å². The van der Waals surface area contributed by atoms with Gasteiger partial charge < -0.3 is 13.9 Å². The third kappa shape index (κ3) is 8.03. The van der Waals surface area contributed by atoms with Crippen molar-refractivity contribution in [2.75, 3.05) is 19.8 Å². The van der Waals surface area contributed by atoms with E-state index >= 15 is 0 Å². The molecule has 0 aliphatic carbocycles. The van der Waals surface area contributed by atoms with Gasteiger partial charge >= 0.3 is 0 Å². The molecule has 0 saturated heterocycles. The van der Waals surface area contributed by atoms with Crippen LogP contribution in [-0.2, 0) is 16.1 Å². The minimum absolute atomic E-state index is 0.372. The number of aldehydes is 1. The highest BCUT2D eigenvalue weighted by molar-refractivity contribution is 5.72. The molecule has 18 heavy (non-hydrogen) atoms. The van der Waals surface area contributed by atoms with Gasteiger partial charge in [0.2, 0.25) is 0 Å². The van der Waals surface area contributed by atoms with Crippen molar-refractivity contribution in [3.05, 3.63) is 23.7 Å². The van der Waals surface area contributed by atoms with Crippen LogP contribution in [0.4, 0.5) is 0 Å². The van der Waals surface area contributed by atoms with Gasteiger partial charge in [0.1, 0.15) is 0 Å². The fraction of sp³-hybridized carbons (Fsp3) is 0.643. The monoisotopic (exact) mass is 256 g/mol. The van der Waals surface area contributed by atoms with E-state index in [9.17, 15) is 4.79 Å². The van der Waals surface area contributed by atoms with Crippen LogP contribution in [0.1, 0.15) is 49.7 Å². The molecule has 0 spiro atoms. The molecule has 0 atom stereocenters. The summed E-state index contributed by atoms with van der Waals surface area (Å²) >= 11 is 0. The van der Waals surface area contributed by atoms with Crippen LogP contribution in [0.15, 0.2) is 16.7 Å². The molecule has 0 bridgehead atoms. The maximum absolute atomic E-state index is 10.4. The van der Waals surface area contributed by atoms with Crippen LogP contribution in [0, 0.1) is 0 Å². The summed E-state index contributed by atoms with van der Waals surface area (Å²) in [6.45, 7) is 8.97. The summed E-state index contributed by atoms with van der Waals surface area (Å²) in [5.74, 6) is 0.372. The molecular formula is C14H24O4. The highest BCUT2D eigenvalue weighted by Gasteiger charge is 2.03. The summed E-state index contributed by atoms with van der Waals surface area (Å²) in [5, 5.41) is 0. The second-order valence-electron chi connectivity index (χ2n) is 3.62. The molecule has 4 heteroatoms. The number of unbranched alkanes of at least 4 members (excludes halogenated alkanes) is 1. The fourth-order valence-corrected chi connectivity index (χ4v) is 1.20. The summed E-state index contributed by atoms with van der Waals surface area (Å²) in [6, 6.07) is 1.76. The highest BCUT2D eigenvalue weighted by atomic mass is 16.5. The molecule has 0 aliphatic heterocycles. The Morgan fingerprint density at radius 1 is 1.22 bits per heavy atom. The standard InChI is InChI=1S/C10H14O3.C4H10O/c1-2-3-5-12-8-9-4-6-13-10(9)7-11;1-3-5-4-2/h4,6-7H,2-3,5,8H2,1H3;3-4H2,1-2H3. The summed E-state index contributed by atoms with van der Waals surface area (Å²) in [5.41, 5.74) is 0.825. The Morgan fingerprint density at radius 3 is 2.44 bits per heavy atom. The quantitative estimate of drug-likeness (QED) is 0.528. The normalized spacial score (nSPS) is 9.72. The Labute approximate surface area is 109 Å². The number of rotatable bonds is 8. The van der Waals surface area contributed by atoms with E-state index in [1.54, 1.807) is 6.07 Å². The van der Waals surface area contributed by atoms with E-state index in [1.165, 1.54) is 6.26 Å². The predicted octanol–water partition coefficient (Wildman–Crippen LogP) is 3.45. The maximum atomic E-state index is 10.4. The fourth-order valence-electron chi connectivity index (χ4n) is 1.20. The molecule has 1 rings (SSSR count). The molecule has 1 aromatic heterocycles. The van der Waals surface area contributed by atoms with Gasteiger partial charge in [-0.05, 0) is 26.3 Å². The van der Waals surface area contributed by atoms with Gasteiger partial charge in [0.05, 0.1) is 12.9 Å². The van der Waals surface area contributed by atoms with Crippen LogP contribution < -0.4 is 0 Å². The molecule has 0 aromatic carbocycles. The first-order valence-electron chi connectivity index (χ1n) is 6.47. The average Bonchev–Trinajstić information content (AvgIpc) is 2.84. The summed E-state index contributed by atoms with van der Waals surface area (Å²) in [6.07, 6.45) is 4.38. The molecule has 104 valence electrons. The molecular weight excluding hydrogens is 232 g/mol. The third-order valence-electron chi connectivity index (χ3n) is 2.20. The number of ether oxygens (including phenoxy) is 2. The lowest BCUT2D eigenvalue weighted by Crippen LogP contribution is -1.96. The number of hydrogen-bond donors (Lipinski definition) is 0. The Bertz CT molecular complexity index is 292. The lowest BCUT2D eigenvalue weighted by Gasteiger charge is -2.00. The van der Waals surface area contributed by atoms with E-state index in [0.29, 0.717) is 18.7 Å². The Kier molecular flexibility index (Phi) is 11.6. The first-order valence-corrected chi connectivity index (χ1v) is 6.47. The molecule has 0 unspecified atom stereocenters. The molecule has 0 N–H and O–H groups in total. The van der Waals surface area contributed by atoms with Crippen molar-refractivity contribution in [1.29, 1.82) is 0 Å². The van der Waals surface area contributed by atoms with Crippen molar-refractivity contribution in [2.45, 2.75) is 40.2 Å². The Balaban J connectivity index is 0.000000494. The van der Waals surface area contributed by atoms with Crippen molar-refractivity contribution in [3.63, 3.8) is 0 Å². The van der Waals surface area contributed by atoms with Crippen LogP contribution in [0.5, 0.6) is 0 Å². The zero-order valence-electron chi connectivity index (χ0n) is 11.6. The van der Waals surface area contributed by atoms with Gasteiger partial charge in [0.15, 0.2) is 12.0 Å². The van der Waals surface area contributed by atoms with E-state index in [-0.39, 0.29) is 0 Å². The second kappa shape index (κ2) is 12.3. The SMILES string of the molecule is CCCCOCc1ccoc1C=O.CCOCC. The molecule has 0 radical (unpaired) electrons. The largest absolute Gasteiger partial charge is 0.461 e. The van der Waals surface area contributed by atoms with Crippen LogP contribution >= 0.6 is 0 Å². The van der Waals surface area contributed by atoms with E-state index in [2.05, 4.69) is 6.92 Å². The van der Waals surface area contributed by atoms with Crippen molar-refractivity contribution >= 4 is 6.29 Å². The van der Waals surface area contributed by atoms with E-state index < -0.39 is 0 Å². The van der Waals surface area contributed by atoms with Gasteiger partial charge in [-0.1, -0.05) is 13.3 Å². The smallest absolute Gasteiger partial charge is 0.185 e. The van der Waals surface area contributed by atoms with Crippen LogP contribution in [0.3, 0.4) is 0 Å². The number of carbonyl (C=O) groups is 1. The van der Waals surface area contributed by atoms with Crippen LogP contribution in [0.2, 0.25) is 0 Å². The predicted molar refractivity (Wildman–Crippen MR) is 70.8 cm³/mol. The molecule has 0 fully saturated rings. The lowest BCUT2D eigenvalue weighted by atomic mass is 10.3. The maximum Gasteiger partial charge on any atom is 0.185 e. The third-order valence-corrected chi connectivity index (χ3v) is 2.20. The lowest BCUT2D eigenvalue weighted by molar-refractivity contribution is 0.106. The molecule has 4 nitrogen and oxygen atoms in total. The number of hydrogen-bond acceptors (Lipinski definition) is 4. The van der Waals surface area contributed by atoms with Gasteiger partial charge in [-0.15, -0.1) is 0 Å². The molecule has 0 amide bonds. The Morgan fingerprint density at radius 2 is 1.94 bits per heavy atom. The van der Waals surface area contributed by atoms with Gasteiger partial charge in [-0.2, -0.15) is 0 Å². The van der Waals surface area contributed by atoms with E-state index in [1.807, 2.05) is 13.8 Å². The number of carbonyl (C=O) groups excluding carboxylic acids is 1. The van der Waals surface area contributed by atoms with Gasteiger partial charge in [0, 0.05) is 25.4 Å². The van der Waals surface area contributed by atoms with Crippen LogP contribution in [-0.4, -0.2) is 26.1 Å². The van der Waals surface area contributed by atoms with Gasteiger partial charge in [0.25, 0.3) is 0 Å². The summed E-state index contributed by atoms with van der Waals surface area (Å²) < 4.78 is 15.1. The van der Waals surface area contributed by atoms with Crippen molar-refractivity contribution in [2.24, 2.45) is 0 Å². The highest BCUT2D eigenvalue weighted by Crippen LogP contribution is 2.09. The molecule has 1 aromatic rings. The summed E-state index contributed by atoms with van der Waals surface area (Å²) in [7, 11) is 0. The second-order valence-corrected chi connectivity index (χ2v) is 3.62. The Hall–Kier alpha value is -1.13. The zero-order valence-corrected chi connectivity index (χ0v) is 11.6.